The van der Waals surface area contributed by atoms with Gasteiger partial charge in [-0.25, -0.2) is 0 Å². The minimum absolute atomic E-state index is 0. The van der Waals surface area contributed by atoms with Gasteiger partial charge in [0.25, 0.3) is 0 Å². The largest absolute Gasteiger partial charge is 1.00 e. The third-order valence-electron chi connectivity index (χ3n) is 0. The maximum absolute atomic E-state index is 7.10. The summed E-state index contributed by atoms with van der Waals surface area (Å²) in [6.45, 7) is 0. The number of nitrogens with two attached hydrogens (primary N) is 2. The Morgan fingerprint density at radius 3 is 1.00 bits per heavy atom. The molecule has 0 unspecified atom stereocenters. The molecule has 4 nitrogen and oxygen atoms in total. The second-order valence-corrected chi connectivity index (χ2v) is 0.258. The van der Waals surface area contributed by atoms with E-state index in [0.29, 0.717) is 0 Å². The van der Waals surface area contributed by atoms with Gasteiger partial charge in [-0.3, -0.25) is 0 Å². The summed E-state index contributed by atoms with van der Waals surface area (Å²) in [7, 11) is 0. The smallest absolute Gasteiger partial charge is 0.337 e. The zero-order chi connectivity index (χ0) is 5.41. The summed E-state index contributed by atoms with van der Waals surface area (Å²) in [6, 6.07) is 0. The average Bonchev–Trinajstić information content (AvgIpc) is 1.39. The Morgan fingerprint density at radius 2 is 1.00 bits per heavy atom. The molecule has 0 atom stereocenters. The number of nitrogens with zero attached hydrogens (tertiary/aromatic N) is 2. The Morgan fingerprint density at radius 1 is 1.00 bits per heavy atom. The predicted molar refractivity (Wildman–Crippen MR) is 19.6 cm³/mol. The maximum atomic E-state index is 7.10. The first kappa shape index (κ1) is 15.7. The van der Waals surface area contributed by atoms with Gasteiger partial charge in [0.1, 0.15) is 0 Å². The summed E-state index contributed by atoms with van der Waals surface area (Å²) in [4.78, 5) is 0. The Hall–Kier alpha value is 0.385. The monoisotopic (exact) mass is 169 g/mol. The van der Waals surface area contributed by atoms with E-state index in [1.54, 1.807) is 0 Å². The molecule has 0 aliphatic heterocycles. The average molecular weight is 170 g/mol. The maximum Gasteiger partial charge on any atom is 1.00 e. The van der Waals surface area contributed by atoms with Crippen molar-refractivity contribution in [2.45, 2.75) is 0 Å². The van der Waals surface area contributed by atoms with Gasteiger partial charge in [0, 0.05) is 0 Å². The van der Waals surface area contributed by atoms with E-state index >= 15 is 0 Å². The van der Waals surface area contributed by atoms with Crippen molar-refractivity contribution in [1.82, 2.24) is 0 Å². The molecule has 0 rings (SSSR count). The van der Waals surface area contributed by atoms with Gasteiger partial charge in [-0.05, 0) is 0 Å². The number of hydrogen-bond donors (Lipinski definition) is 2. The number of hydrogen-bond acceptors (Lipinski definition) is 4. The molecule has 0 amide bonds. The minimum Gasteiger partial charge on any atom is -0.337 e. The first-order valence-electron chi connectivity index (χ1n) is 1.02. The van der Waals surface area contributed by atoms with Crippen LogP contribution in [0.3, 0.4) is 0 Å². The van der Waals surface area contributed by atoms with Crippen LogP contribution in [0, 0.1) is 22.9 Å². The standard InChI is InChI=1S/2CH2N2.Rb/c2*2-1-3;/h2*2H2;/q;;+1. The summed E-state index contributed by atoms with van der Waals surface area (Å²) in [5.74, 6) is 0. The summed E-state index contributed by atoms with van der Waals surface area (Å²) in [6.07, 6.45) is 2.50. The minimum atomic E-state index is 0. The summed E-state index contributed by atoms with van der Waals surface area (Å²) >= 11 is 0. The Labute approximate surface area is 90.9 Å². The second-order valence-electron chi connectivity index (χ2n) is 0.258. The molecule has 0 aromatic carbocycles. The zero-order valence-electron chi connectivity index (χ0n) is 4.05. The molecule has 5 heteroatoms. The van der Waals surface area contributed by atoms with E-state index in [2.05, 4.69) is 11.5 Å². The Kier molecular flexibility index (Phi) is 72.8. The molecule has 4 N–H and O–H groups in total. The summed E-state index contributed by atoms with van der Waals surface area (Å²) < 4.78 is 0. The van der Waals surface area contributed by atoms with Crippen molar-refractivity contribution in [3.05, 3.63) is 0 Å². The first-order valence-corrected chi connectivity index (χ1v) is 1.02. The number of nitriles is 2. The SMILES string of the molecule is N#CN.N#CN.[Rb+]. The molecule has 0 fully saturated rings. The molecular formula is C2H4N4Rb+. The van der Waals surface area contributed by atoms with Crippen LogP contribution in [0.2, 0.25) is 0 Å². The van der Waals surface area contributed by atoms with Crippen molar-refractivity contribution in [3.8, 4) is 12.4 Å². The van der Waals surface area contributed by atoms with E-state index in [9.17, 15) is 0 Å². The molecule has 0 aliphatic carbocycles. The van der Waals surface area contributed by atoms with Gasteiger partial charge >= 0.3 is 58.2 Å². The van der Waals surface area contributed by atoms with Crippen molar-refractivity contribution in [1.29, 1.82) is 10.5 Å². The van der Waals surface area contributed by atoms with Crippen LogP contribution in [-0.2, 0) is 0 Å². The summed E-state index contributed by atoms with van der Waals surface area (Å²) in [5, 5.41) is 14.2. The molecule has 0 aliphatic rings. The normalized spacial score (nSPS) is 2.00. The van der Waals surface area contributed by atoms with Crippen LogP contribution in [0.5, 0.6) is 0 Å². The van der Waals surface area contributed by atoms with Gasteiger partial charge in [-0.15, -0.1) is 0 Å². The fourth-order valence-corrected chi connectivity index (χ4v) is 0. The van der Waals surface area contributed by atoms with Gasteiger partial charge in [-0.1, -0.05) is 0 Å². The van der Waals surface area contributed by atoms with E-state index < -0.39 is 0 Å². The third-order valence-corrected chi connectivity index (χ3v) is 0. The fourth-order valence-electron chi connectivity index (χ4n) is 0. The van der Waals surface area contributed by atoms with Crippen molar-refractivity contribution in [2.75, 3.05) is 0 Å². The van der Waals surface area contributed by atoms with Gasteiger partial charge in [0.15, 0.2) is 12.4 Å². The molecule has 0 aromatic rings. The van der Waals surface area contributed by atoms with Gasteiger partial charge < -0.3 is 11.5 Å². The Balaban J connectivity index is -0.0000000400. The van der Waals surface area contributed by atoms with Gasteiger partial charge in [-0.2, -0.15) is 10.5 Å². The molecule has 0 saturated carbocycles. The first-order chi connectivity index (χ1) is 2.83. The number of rotatable bonds is 0. The fraction of sp³-hybridized carbons (Fsp3) is 0. The molecule has 7 heavy (non-hydrogen) atoms. The molecule has 0 spiro atoms. The second kappa shape index (κ2) is 32.5. The zero-order valence-corrected chi connectivity index (χ0v) is 8.97. The Bertz CT molecular complexity index is 64.7. The quantitative estimate of drug-likeness (QED) is 0.284. The van der Waals surface area contributed by atoms with Crippen molar-refractivity contribution in [3.63, 3.8) is 0 Å². The molecule has 0 saturated heterocycles. The van der Waals surface area contributed by atoms with Crippen LogP contribution >= 0.6 is 0 Å². The molecular weight excluding hydrogens is 166 g/mol. The van der Waals surface area contributed by atoms with E-state index in [0.717, 1.165) is 0 Å². The van der Waals surface area contributed by atoms with E-state index in [1.807, 2.05) is 0 Å². The molecule has 0 bridgehead atoms. The topological polar surface area (TPSA) is 99.6 Å². The van der Waals surface area contributed by atoms with Crippen molar-refractivity contribution < 1.29 is 58.2 Å². The van der Waals surface area contributed by atoms with Crippen LogP contribution in [-0.4, -0.2) is 0 Å². The molecule has 0 heterocycles. The molecule has 32 valence electrons. The van der Waals surface area contributed by atoms with Gasteiger partial charge in [0.2, 0.25) is 0 Å². The predicted octanol–water partition coefficient (Wildman–Crippen LogP) is -4.14. The van der Waals surface area contributed by atoms with E-state index in [1.165, 1.54) is 12.4 Å². The van der Waals surface area contributed by atoms with E-state index in [-0.39, 0.29) is 58.2 Å². The molecule has 0 radical (unpaired) electrons. The third kappa shape index (κ3) is 828. The van der Waals surface area contributed by atoms with Crippen LogP contribution in [0.4, 0.5) is 0 Å². The van der Waals surface area contributed by atoms with Crippen molar-refractivity contribution in [2.24, 2.45) is 11.5 Å². The molecule has 0 aromatic heterocycles. The van der Waals surface area contributed by atoms with Crippen molar-refractivity contribution >= 4 is 0 Å². The van der Waals surface area contributed by atoms with Crippen LogP contribution in [0.25, 0.3) is 0 Å². The van der Waals surface area contributed by atoms with Crippen LogP contribution in [0.15, 0.2) is 0 Å². The van der Waals surface area contributed by atoms with Crippen LogP contribution < -0.4 is 69.7 Å². The van der Waals surface area contributed by atoms with Crippen LogP contribution in [0.1, 0.15) is 0 Å². The van der Waals surface area contributed by atoms with E-state index in [4.69, 9.17) is 10.5 Å². The van der Waals surface area contributed by atoms with Gasteiger partial charge in [0.05, 0.1) is 0 Å². The summed E-state index contributed by atoms with van der Waals surface area (Å²) in [5.41, 5.74) is 8.31.